The first-order valence-electron chi connectivity index (χ1n) is 6.12. The molecule has 0 aliphatic carbocycles. The molecule has 3 N–H and O–H groups in total. The van der Waals surface area contributed by atoms with Crippen molar-refractivity contribution in [1.82, 2.24) is 19.5 Å². The normalized spacial score (nSPS) is 29.6. The maximum atomic E-state index is 12.8. The average molecular weight is 302 g/mol. The summed E-state index contributed by atoms with van der Waals surface area (Å²) in [7, 11) is 0. The average Bonchev–Trinajstić information content (AvgIpc) is 3.01. The van der Waals surface area contributed by atoms with Gasteiger partial charge in [0.05, 0.1) is 12.9 Å². The van der Waals surface area contributed by atoms with Gasteiger partial charge < -0.3 is 20.1 Å². The Morgan fingerprint density at radius 2 is 2.00 bits per heavy atom. The number of hydrogen-bond donors (Lipinski definition) is 3. The third kappa shape index (κ3) is 2.16. The third-order valence-corrected chi connectivity index (χ3v) is 3.39. The number of aliphatic hydroxyl groups excluding tert-OH is 3. The van der Waals surface area contributed by atoms with Crippen LogP contribution in [0.3, 0.4) is 0 Å². The Hall–Kier alpha value is -1.75. The molecule has 0 spiro atoms. The molecule has 1 aliphatic rings. The molecule has 4 atom stereocenters. The van der Waals surface area contributed by atoms with Crippen molar-refractivity contribution in [1.29, 1.82) is 0 Å². The van der Waals surface area contributed by atoms with Crippen molar-refractivity contribution < 1.29 is 28.8 Å². The number of rotatable bonds is 3. The maximum absolute atomic E-state index is 12.8. The zero-order valence-electron chi connectivity index (χ0n) is 10.5. The van der Waals surface area contributed by atoms with Crippen LogP contribution in [0.25, 0.3) is 11.2 Å². The molecule has 0 unspecified atom stereocenters. The summed E-state index contributed by atoms with van der Waals surface area (Å²) in [4.78, 5) is 11.2. The zero-order chi connectivity index (χ0) is 15.1. The fourth-order valence-corrected chi connectivity index (χ4v) is 2.33. The summed E-state index contributed by atoms with van der Waals surface area (Å²) in [5, 5.41) is 28.7. The molecule has 1 aliphatic heterocycles. The monoisotopic (exact) mass is 302 g/mol. The Balaban J connectivity index is 2.04. The van der Waals surface area contributed by atoms with Crippen LogP contribution in [0.4, 0.5) is 8.78 Å². The van der Waals surface area contributed by atoms with E-state index in [-0.39, 0.29) is 11.2 Å². The van der Waals surface area contributed by atoms with E-state index in [0.29, 0.717) is 0 Å². The van der Waals surface area contributed by atoms with Gasteiger partial charge in [0, 0.05) is 0 Å². The smallest absolute Gasteiger partial charge is 0.282 e. The topological polar surface area (TPSA) is 114 Å². The van der Waals surface area contributed by atoms with Crippen molar-refractivity contribution in [2.75, 3.05) is 6.61 Å². The van der Waals surface area contributed by atoms with E-state index >= 15 is 0 Å². The van der Waals surface area contributed by atoms with E-state index in [0.717, 1.165) is 6.33 Å². The molecule has 0 amide bonds. The number of aromatic nitrogens is 4. The maximum Gasteiger partial charge on any atom is 0.282 e. The van der Waals surface area contributed by atoms with E-state index < -0.39 is 43.3 Å². The molecular weight excluding hydrogens is 290 g/mol. The van der Waals surface area contributed by atoms with Crippen molar-refractivity contribution in [3.05, 3.63) is 18.3 Å². The van der Waals surface area contributed by atoms with E-state index in [2.05, 4.69) is 15.0 Å². The second-order valence-corrected chi connectivity index (χ2v) is 4.61. The summed E-state index contributed by atoms with van der Waals surface area (Å²) in [6.45, 7) is -0.487. The molecule has 3 heterocycles. The summed E-state index contributed by atoms with van der Waals surface area (Å²) in [6.07, 6.45) is -5.38. The van der Waals surface area contributed by atoms with Gasteiger partial charge in [0.2, 0.25) is 0 Å². The van der Waals surface area contributed by atoms with Crippen LogP contribution in [0.5, 0.6) is 0 Å². The molecule has 3 rings (SSSR count). The number of ether oxygens (including phenoxy) is 1. The molecule has 0 saturated carbocycles. The van der Waals surface area contributed by atoms with Gasteiger partial charge in [-0.15, -0.1) is 0 Å². The molecule has 8 nitrogen and oxygen atoms in total. The first-order valence-corrected chi connectivity index (χ1v) is 6.12. The van der Waals surface area contributed by atoms with Crippen LogP contribution in [0.2, 0.25) is 0 Å². The van der Waals surface area contributed by atoms with Gasteiger partial charge in [-0.25, -0.2) is 23.7 Å². The van der Waals surface area contributed by atoms with Gasteiger partial charge >= 0.3 is 0 Å². The highest BCUT2D eigenvalue weighted by Crippen LogP contribution is 2.32. The van der Waals surface area contributed by atoms with Crippen LogP contribution in [0, 0.1) is 0 Å². The van der Waals surface area contributed by atoms with Gasteiger partial charge in [-0.1, -0.05) is 0 Å². The quantitative estimate of drug-likeness (QED) is 0.692. The number of alkyl halides is 2. The van der Waals surface area contributed by atoms with Gasteiger partial charge in [-0.3, -0.25) is 4.57 Å². The Bertz CT molecular complexity index is 652. The van der Waals surface area contributed by atoms with E-state index in [1.807, 2.05) is 0 Å². The summed E-state index contributed by atoms with van der Waals surface area (Å²) >= 11 is 0. The third-order valence-electron chi connectivity index (χ3n) is 3.39. The number of nitrogens with zero attached hydrogens (tertiary/aromatic N) is 4. The minimum atomic E-state index is -2.82. The lowest BCUT2D eigenvalue weighted by Crippen LogP contribution is -2.33. The van der Waals surface area contributed by atoms with E-state index in [1.54, 1.807) is 0 Å². The summed E-state index contributed by atoms with van der Waals surface area (Å²) in [6, 6.07) is 0. The van der Waals surface area contributed by atoms with Crippen molar-refractivity contribution in [3.8, 4) is 0 Å². The second-order valence-electron chi connectivity index (χ2n) is 4.61. The lowest BCUT2D eigenvalue weighted by molar-refractivity contribution is -0.0511. The highest BCUT2D eigenvalue weighted by atomic mass is 19.3. The van der Waals surface area contributed by atoms with Crippen LogP contribution in [-0.4, -0.2) is 59.8 Å². The van der Waals surface area contributed by atoms with Crippen molar-refractivity contribution in [3.63, 3.8) is 0 Å². The lowest BCUT2D eigenvalue weighted by Gasteiger charge is -2.16. The first kappa shape index (κ1) is 14.2. The minimum absolute atomic E-state index is 0.0511. The SMILES string of the molecule is OC[C@H]1O[C@@H](n2cnc3c(C(F)F)ncnc32)[C@H](O)[C@@H]1O. The van der Waals surface area contributed by atoms with Gasteiger partial charge in [-0.05, 0) is 0 Å². The van der Waals surface area contributed by atoms with Gasteiger partial charge in [-0.2, -0.15) is 0 Å². The summed E-state index contributed by atoms with van der Waals surface area (Å²) < 4.78 is 32.2. The predicted octanol–water partition coefficient (Wildman–Crippen LogP) is -0.625. The summed E-state index contributed by atoms with van der Waals surface area (Å²) in [5.74, 6) is 0. The molecular formula is C11H12F2N4O4. The molecule has 21 heavy (non-hydrogen) atoms. The zero-order valence-corrected chi connectivity index (χ0v) is 10.5. The Labute approximate surface area is 116 Å². The van der Waals surface area contributed by atoms with Gasteiger partial charge in [0.1, 0.15) is 35.8 Å². The number of hydrogen-bond acceptors (Lipinski definition) is 7. The van der Waals surface area contributed by atoms with E-state index in [4.69, 9.17) is 9.84 Å². The predicted molar refractivity (Wildman–Crippen MR) is 63.3 cm³/mol. The number of fused-ring (bicyclic) bond motifs is 1. The van der Waals surface area contributed by atoms with Crippen LogP contribution >= 0.6 is 0 Å². The Morgan fingerprint density at radius 3 is 2.62 bits per heavy atom. The lowest BCUT2D eigenvalue weighted by atomic mass is 10.1. The molecule has 2 aromatic rings. The molecule has 114 valence electrons. The number of imidazole rings is 1. The molecule has 0 radical (unpaired) electrons. The van der Waals surface area contributed by atoms with Crippen LogP contribution < -0.4 is 0 Å². The minimum Gasteiger partial charge on any atom is -0.394 e. The van der Waals surface area contributed by atoms with E-state index in [1.165, 1.54) is 10.9 Å². The molecule has 1 fully saturated rings. The highest BCUT2D eigenvalue weighted by Gasteiger charge is 2.44. The Kier molecular flexibility index (Phi) is 3.53. The molecule has 2 aromatic heterocycles. The molecule has 0 aromatic carbocycles. The number of aliphatic hydroxyl groups is 3. The largest absolute Gasteiger partial charge is 0.394 e. The number of halogens is 2. The van der Waals surface area contributed by atoms with Crippen molar-refractivity contribution >= 4 is 11.2 Å². The molecule has 10 heteroatoms. The highest BCUT2D eigenvalue weighted by molar-refractivity contribution is 5.73. The van der Waals surface area contributed by atoms with Crippen molar-refractivity contribution in [2.24, 2.45) is 0 Å². The Morgan fingerprint density at radius 1 is 1.24 bits per heavy atom. The fraction of sp³-hybridized carbons (Fsp3) is 0.545. The molecule has 0 bridgehead atoms. The van der Waals surface area contributed by atoms with Gasteiger partial charge in [0.25, 0.3) is 6.43 Å². The standard InChI is InChI=1S/C11H12F2N4O4/c12-9(13)5-6-10(15-2-14-5)17(3-16-6)11-8(20)7(19)4(1-18)21-11/h2-4,7-9,11,18-20H,1H2/t4-,7-,8-,11-/m1/s1. The van der Waals surface area contributed by atoms with Crippen LogP contribution in [0.1, 0.15) is 18.3 Å². The van der Waals surface area contributed by atoms with Crippen LogP contribution in [0.15, 0.2) is 12.7 Å². The van der Waals surface area contributed by atoms with E-state index in [9.17, 15) is 19.0 Å². The van der Waals surface area contributed by atoms with Crippen LogP contribution in [-0.2, 0) is 4.74 Å². The van der Waals surface area contributed by atoms with Crippen molar-refractivity contribution in [2.45, 2.75) is 31.0 Å². The first-order chi connectivity index (χ1) is 10.0. The fourth-order valence-electron chi connectivity index (χ4n) is 2.33. The summed E-state index contributed by atoms with van der Waals surface area (Å²) in [5.41, 5.74) is -0.578. The molecule has 1 saturated heterocycles. The van der Waals surface area contributed by atoms with Gasteiger partial charge in [0.15, 0.2) is 11.9 Å². The second kappa shape index (κ2) is 5.22.